The third-order valence-electron chi connectivity index (χ3n) is 2.66. The molecule has 1 aliphatic heterocycles. The molecule has 0 aliphatic carbocycles. The Morgan fingerprint density at radius 3 is 2.60 bits per heavy atom. The lowest BCUT2D eigenvalue weighted by molar-refractivity contribution is -0.910. The van der Waals surface area contributed by atoms with E-state index >= 15 is 0 Å². The minimum atomic E-state index is 0.716. The Balaban J connectivity index is 2.03. The fraction of sp³-hybridized carbons (Fsp3) is 0.455. The topological polar surface area (TPSA) is 4.44 Å². The van der Waals surface area contributed by atoms with E-state index in [1.54, 1.807) is 4.90 Å². The van der Waals surface area contributed by atoms with Gasteiger partial charge in [-0.2, -0.15) is 11.8 Å². The van der Waals surface area contributed by atoms with E-state index in [-0.39, 0.29) is 0 Å². The van der Waals surface area contributed by atoms with E-state index in [1.807, 2.05) is 30.0 Å². The van der Waals surface area contributed by atoms with Crippen LogP contribution in [-0.2, 0) is 6.54 Å². The van der Waals surface area contributed by atoms with Crippen molar-refractivity contribution in [1.82, 2.24) is 0 Å². The van der Waals surface area contributed by atoms with E-state index in [0.29, 0.717) is 5.02 Å². The Hall–Kier alpha value is 0.110. The number of hydrogen-bond donors (Lipinski definition) is 1. The molecule has 1 aromatic rings. The number of hydrogen-bond acceptors (Lipinski definition) is 1. The summed E-state index contributed by atoms with van der Waals surface area (Å²) in [6, 6.07) is 5.79. The average Bonchev–Trinajstić information content (AvgIpc) is 2.24. The molecule has 0 unspecified atom stereocenters. The van der Waals surface area contributed by atoms with Gasteiger partial charge in [0.25, 0.3) is 0 Å². The number of quaternary nitrogens is 1. The van der Waals surface area contributed by atoms with E-state index in [1.165, 1.54) is 30.2 Å². The Morgan fingerprint density at radius 2 is 1.93 bits per heavy atom. The summed E-state index contributed by atoms with van der Waals surface area (Å²) >= 11 is 14.1. The van der Waals surface area contributed by atoms with Crippen molar-refractivity contribution < 1.29 is 4.90 Å². The lowest BCUT2D eigenvalue weighted by atomic mass is 10.2. The summed E-state index contributed by atoms with van der Waals surface area (Å²) < 4.78 is 0. The molecule has 2 rings (SSSR count). The minimum Gasteiger partial charge on any atom is -0.330 e. The molecule has 0 saturated carbocycles. The van der Waals surface area contributed by atoms with Crippen LogP contribution >= 0.6 is 35.0 Å². The van der Waals surface area contributed by atoms with Crippen molar-refractivity contribution in [2.45, 2.75) is 6.54 Å². The van der Waals surface area contributed by atoms with Crippen LogP contribution in [0.2, 0.25) is 10.0 Å². The van der Waals surface area contributed by atoms with Crippen molar-refractivity contribution in [1.29, 1.82) is 0 Å². The van der Waals surface area contributed by atoms with Gasteiger partial charge in [0.05, 0.1) is 18.1 Å². The van der Waals surface area contributed by atoms with Crippen LogP contribution in [0.3, 0.4) is 0 Å². The molecule has 0 spiro atoms. The quantitative estimate of drug-likeness (QED) is 0.856. The largest absolute Gasteiger partial charge is 0.330 e. The van der Waals surface area contributed by atoms with Crippen LogP contribution in [-0.4, -0.2) is 24.6 Å². The highest BCUT2D eigenvalue weighted by atomic mass is 35.5. The standard InChI is InChI=1S/C11H13Cl2NS/c12-10-2-1-9(11(13)7-10)8-14-3-5-15-6-4-14/h1-2,7H,3-6,8H2/p+1. The zero-order valence-electron chi connectivity index (χ0n) is 8.43. The summed E-state index contributed by atoms with van der Waals surface area (Å²) in [5.41, 5.74) is 1.21. The third kappa shape index (κ3) is 3.28. The molecule has 1 nitrogen and oxygen atoms in total. The van der Waals surface area contributed by atoms with E-state index in [0.717, 1.165) is 11.6 Å². The van der Waals surface area contributed by atoms with Crippen molar-refractivity contribution in [2.24, 2.45) is 0 Å². The molecule has 0 amide bonds. The predicted molar refractivity (Wildman–Crippen MR) is 68.2 cm³/mol. The monoisotopic (exact) mass is 262 g/mol. The average molecular weight is 263 g/mol. The van der Waals surface area contributed by atoms with Gasteiger partial charge < -0.3 is 4.90 Å². The summed E-state index contributed by atoms with van der Waals surface area (Å²) in [5, 5.41) is 1.51. The molecule has 1 aromatic carbocycles. The van der Waals surface area contributed by atoms with Gasteiger partial charge in [-0.3, -0.25) is 0 Å². The molecule has 1 aliphatic rings. The van der Waals surface area contributed by atoms with Gasteiger partial charge in [-0.05, 0) is 12.1 Å². The summed E-state index contributed by atoms with van der Waals surface area (Å²) in [7, 11) is 0. The lowest BCUT2D eigenvalue weighted by Crippen LogP contribution is -3.12. The lowest BCUT2D eigenvalue weighted by Gasteiger charge is -2.23. The fourth-order valence-electron chi connectivity index (χ4n) is 1.77. The second-order valence-electron chi connectivity index (χ2n) is 3.77. The SMILES string of the molecule is Clc1ccc(C[NH+]2CCSCC2)c(Cl)c1. The Morgan fingerprint density at radius 1 is 1.20 bits per heavy atom. The van der Waals surface area contributed by atoms with Gasteiger partial charge in [0.15, 0.2) is 0 Å². The Bertz CT molecular complexity index is 337. The van der Waals surface area contributed by atoms with Crippen molar-refractivity contribution in [2.75, 3.05) is 24.6 Å². The molecule has 0 atom stereocenters. The molecule has 0 bridgehead atoms. The van der Waals surface area contributed by atoms with Gasteiger partial charge in [-0.25, -0.2) is 0 Å². The number of halogens is 2. The molecule has 15 heavy (non-hydrogen) atoms. The van der Waals surface area contributed by atoms with Gasteiger partial charge in [0, 0.05) is 22.1 Å². The number of rotatable bonds is 2. The van der Waals surface area contributed by atoms with Crippen molar-refractivity contribution in [3.8, 4) is 0 Å². The van der Waals surface area contributed by atoms with Crippen LogP contribution < -0.4 is 4.90 Å². The van der Waals surface area contributed by atoms with Crippen LogP contribution in [0, 0.1) is 0 Å². The smallest absolute Gasteiger partial charge is 0.104 e. The summed E-state index contributed by atoms with van der Waals surface area (Å²) in [5.74, 6) is 2.53. The summed E-state index contributed by atoms with van der Waals surface area (Å²) in [6.07, 6.45) is 0. The normalized spacial score (nSPS) is 18.0. The first-order valence-corrected chi connectivity index (χ1v) is 7.02. The molecule has 0 aromatic heterocycles. The number of benzene rings is 1. The van der Waals surface area contributed by atoms with E-state index in [2.05, 4.69) is 0 Å². The van der Waals surface area contributed by atoms with Crippen molar-refractivity contribution in [3.63, 3.8) is 0 Å². The van der Waals surface area contributed by atoms with E-state index in [9.17, 15) is 0 Å². The Labute approximate surface area is 105 Å². The first kappa shape index (κ1) is 11.6. The van der Waals surface area contributed by atoms with E-state index < -0.39 is 0 Å². The maximum Gasteiger partial charge on any atom is 0.104 e. The number of nitrogens with one attached hydrogen (secondary N) is 1. The maximum atomic E-state index is 6.15. The number of thioether (sulfide) groups is 1. The van der Waals surface area contributed by atoms with Crippen LogP contribution in [0.25, 0.3) is 0 Å². The van der Waals surface area contributed by atoms with Crippen LogP contribution in [0.4, 0.5) is 0 Å². The van der Waals surface area contributed by atoms with Crippen molar-refractivity contribution in [3.05, 3.63) is 33.8 Å². The first-order chi connectivity index (χ1) is 7.25. The van der Waals surface area contributed by atoms with Crippen LogP contribution in [0.1, 0.15) is 5.56 Å². The molecule has 82 valence electrons. The molecule has 4 heteroatoms. The van der Waals surface area contributed by atoms with Crippen molar-refractivity contribution >= 4 is 35.0 Å². The van der Waals surface area contributed by atoms with Gasteiger partial charge >= 0.3 is 0 Å². The summed E-state index contributed by atoms with van der Waals surface area (Å²) in [6.45, 7) is 3.50. The molecule has 1 heterocycles. The summed E-state index contributed by atoms with van der Waals surface area (Å²) in [4.78, 5) is 1.62. The van der Waals surface area contributed by atoms with E-state index in [4.69, 9.17) is 23.2 Å². The third-order valence-corrected chi connectivity index (χ3v) is 4.23. The van der Waals surface area contributed by atoms with Gasteiger partial charge in [-0.15, -0.1) is 0 Å². The molecule has 1 saturated heterocycles. The molecule has 1 fully saturated rings. The highest BCUT2D eigenvalue weighted by molar-refractivity contribution is 7.99. The minimum absolute atomic E-state index is 0.716. The molecule has 1 N–H and O–H groups in total. The van der Waals surface area contributed by atoms with Gasteiger partial charge in [0.2, 0.25) is 0 Å². The second-order valence-corrected chi connectivity index (χ2v) is 5.84. The zero-order chi connectivity index (χ0) is 10.7. The maximum absolute atomic E-state index is 6.15. The highest BCUT2D eigenvalue weighted by Gasteiger charge is 2.15. The first-order valence-electron chi connectivity index (χ1n) is 5.11. The zero-order valence-corrected chi connectivity index (χ0v) is 10.8. The fourth-order valence-corrected chi connectivity index (χ4v) is 3.32. The van der Waals surface area contributed by atoms with Gasteiger partial charge in [-0.1, -0.05) is 29.3 Å². The van der Waals surface area contributed by atoms with Crippen LogP contribution in [0.5, 0.6) is 0 Å². The Kier molecular flexibility index (Phi) is 4.21. The highest BCUT2D eigenvalue weighted by Crippen LogP contribution is 2.20. The molecular weight excluding hydrogens is 249 g/mol. The predicted octanol–water partition coefficient (Wildman–Crippen LogP) is 2.13. The van der Waals surface area contributed by atoms with Crippen LogP contribution in [0.15, 0.2) is 18.2 Å². The van der Waals surface area contributed by atoms with Gasteiger partial charge in [0.1, 0.15) is 6.54 Å². The second kappa shape index (κ2) is 5.44. The molecule has 0 radical (unpaired) electrons. The molecular formula is C11H14Cl2NS+.